The normalized spacial score (nSPS) is 11.8. The Morgan fingerprint density at radius 3 is 2.40 bits per heavy atom. The second-order valence-corrected chi connectivity index (χ2v) is 5.46. The van der Waals surface area contributed by atoms with Gasteiger partial charge in [-0.15, -0.1) is 0 Å². The molecule has 1 unspecified atom stereocenters. The third kappa shape index (κ3) is 3.96. The lowest BCUT2D eigenvalue weighted by Crippen LogP contribution is -2.47. The van der Waals surface area contributed by atoms with Crippen molar-refractivity contribution in [1.29, 1.82) is 0 Å². The number of carbonyl (C=O) groups is 2. The summed E-state index contributed by atoms with van der Waals surface area (Å²) in [5.74, 6) is -0.988. The average molecular weight is 343 g/mol. The Kier molecular flexibility index (Phi) is 6.01. The molecule has 1 N–H and O–H groups in total. The van der Waals surface area contributed by atoms with Gasteiger partial charge >= 0.3 is 12.0 Å². The van der Waals surface area contributed by atoms with Crippen LogP contribution in [0.1, 0.15) is 18.9 Å². The number of rotatable bonds is 5. The van der Waals surface area contributed by atoms with Gasteiger partial charge in [0.05, 0.1) is 0 Å². The summed E-state index contributed by atoms with van der Waals surface area (Å²) in [4.78, 5) is 26.1. The van der Waals surface area contributed by atoms with E-state index in [1.165, 1.54) is 16.8 Å². The summed E-state index contributed by atoms with van der Waals surface area (Å²) in [7, 11) is 3.17. The van der Waals surface area contributed by atoms with Gasteiger partial charge in [0.15, 0.2) is 0 Å². The molecule has 0 aliphatic carbocycles. The fourth-order valence-corrected chi connectivity index (χ4v) is 2.38. The predicted octanol–water partition coefficient (Wildman–Crippen LogP) is 2.80. The van der Waals surface area contributed by atoms with Crippen molar-refractivity contribution >= 4 is 27.9 Å². The molecule has 20 heavy (non-hydrogen) atoms. The lowest BCUT2D eigenvalue weighted by molar-refractivity contribution is -0.142. The van der Waals surface area contributed by atoms with E-state index in [0.717, 1.165) is 10.0 Å². The number of hydrogen-bond donors (Lipinski definition) is 1. The molecule has 0 heterocycles. The number of carbonyl (C=O) groups excluding carboxylic acids is 1. The molecule has 0 aromatic heterocycles. The van der Waals surface area contributed by atoms with Gasteiger partial charge in [-0.3, -0.25) is 0 Å². The molecule has 0 bridgehead atoms. The van der Waals surface area contributed by atoms with E-state index in [2.05, 4.69) is 15.9 Å². The Hall–Kier alpha value is -1.56. The van der Waals surface area contributed by atoms with E-state index in [1.807, 2.05) is 24.3 Å². The van der Waals surface area contributed by atoms with Crippen molar-refractivity contribution in [3.8, 4) is 0 Å². The molecule has 1 aromatic carbocycles. The Morgan fingerprint density at radius 2 is 1.90 bits per heavy atom. The summed E-state index contributed by atoms with van der Waals surface area (Å²) in [5.41, 5.74) is 0.972. The molecule has 6 heteroatoms. The number of hydrogen-bond acceptors (Lipinski definition) is 2. The second kappa shape index (κ2) is 7.28. The fraction of sp³-hybridized carbons (Fsp3) is 0.429. The van der Waals surface area contributed by atoms with Crippen LogP contribution in [0.5, 0.6) is 0 Å². The van der Waals surface area contributed by atoms with Crippen LogP contribution in [0, 0.1) is 0 Å². The van der Waals surface area contributed by atoms with Crippen molar-refractivity contribution in [3.05, 3.63) is 34.3 Å². The van der Waals surface area contributed by atoms with Crippen LogP contribution in [0.4, 0.5) is 4.79 Å². The number of urea groups is 1. The minimum absolute atomic E-state index is 0.310. The quantitative estimate of drug-likeness (QED) is 0.894. The fourth-order valence-electron chi connectivity index (χ4n) is 1.97. The second-order valence-electron chi connectivity index (χ2n) is 4.60. The van der Waals surface area contributed by atoms with Crippen LogP contribution in [0.25, 0.3) is 0 Å². The summed E-state index contributed by atoms with van der Waals surface area (Å²) in [5, 5.41) is 9.09. The SMILES string of the molecule is CCC(C(=O)O)N(C)C(=O)N(C)Cc1ccccc1Br. The number of amides is 2. The van der Waals surface area contributed by atoms with Gasteiger partial charge in [0, 0.05) is 25.1 Å². The zero-order valence-corrected chi connectivity index (χ0v) is 13.4. The van der Waals surface area contributed by atoms with Crippen LogP contribution in [-0.2, 0) is 11.3 Å². The van der Waals surface area contributed by atoms with Crippen molar-refractivity contribution in [2.45, 2.75) is 25.9 Å². The van der Waals surface area contributed by atoms with Crippen LogP contribution >= 0.6 is 15.9 Å². The Labute approximate surface area is 127 Å². The van der Waals surface area contributed by atoms with Gasteiger partial charge in [0.25, 0.3) is 0 Å². The maximum absolute atomic E-state index is 12.2. The van der Waals surface area contributed by atoms with Crippen molar-refractivity contribution in [2.75, 3.05) is 14.1 Å². The molecule has 0 saturated carbocycles. The molecule has 0 saturated heterocycles. The first-order chi connectivity index (χ1) is 9.38. The number of nitrogens with zero attached hydrogens (tertiary/aromatic N) is 2. The van der Waals surface area contributed by atoms with E-state index in [0.29, 0.717) is 13.0 Å². The average Bonchev–Trinajstić information content (AvgIpc) is 2.40. The molecular formula is C14H19BrN2O3. The van der Waals surface area contributed by atoms with E-state index in [4.69, 9.17) is 5.11 Å². The molecule has 0 fully saturated rings. The monoisotopic (exact) mass is 342 g/mol. The molecule has 1 rings (SSSR count). The summed E-state index contributed by atoms with van der Waals surface area (Å²) in [6.07, 6.45) is 0.375. The van der Waals surface area contributed by atoms with Gasteiger partial charge in [0.1, 0.15) is 6.04 Å². The number of halogens is 1. The molecular weight excluding hydrogens is 324 g/mol. The largest absolute Gasteiger partial charge is 0.480 e. The smallest absolute Gasteiger partial charge is 0.326 e. The molecule has 1 atom stereocenters. The zero-order valence-electron chi connectivity index (χ0n) is 11.8. The lowest BCUT2D eigenvalue weighted by Gasteiger charge is -2.29. The number of aliphatic carboxylic acids is 1. The van der Waals surface area contributed by atoms with Crippen molar-refractivity contribution in [3.63, 3.8) is 0 Å². The maximum Gasteiger partial charge on any atom is 0.326 e. The first kappa shape index (κ1) is 16.5. The molecule has 5 nitrogen and oxygen atoms in total. The van der Waals surface area contributed by atoms with Crippen LogP contribution in [0.3, 0.4) is 0 Å². The van der Waals surface area contributed by atoms with E-state index in [-0.39, 0.29) is 6.03 Å². The first-order valence-corrected chi connectivity index (χ1v) is 7.11. The van der Waals surface area contributed by atoms with Crippen molar-refractivity contribution in [2.24, 2.45) is 0 Å². The molecule has 0 aliphatic rings. The number of likely N-dealkylation sites (N-methyl/N-ethyl adjacent to an activating group) is 1. The number of carboxylic acids is 1. The van der Waals surface area contributed by atoms with Gasteiger partial charge < -0.3 is 14.9 Å². The third-order valence-electron chi connectivity index (χ3n) is 3.13. The van der Waals surface area contributed by atoms with E-state index in [1.54, 1.807) is 14.0 Å². The van der Waals surface area contributed by atoms with Crippen LogP contribution in [0.2, 0.25) is 0 Å². The lowest BCUT2D eigenvalue weighted by atomic mass is 10.2. The molecule has 110 valence electrons. The third-order valence-corrected chi connectivity index (χ3v) is 3.91. The first-order valence-electron chi connectivity index (χ1n) is 6.32. The Bertz CT molecular complexity index is 493. The summed E-state index contributed by atoms with van der Waals surface area (Å²) < 4.78 is 0.924. The molecule has 1 aromatic rings. The van der Waals surface area contributed by atoms with Gasteiger partial charge in [0.2, 0.25) is 0 Å². The van der Waals surface area contributed by atoms with E-state index < -0.39 is 12.0 Å². The molecule has 0 aliphatic heterocycles. The van der Waals surface area contributed by atoms with Gasteiger partial charge in [-0.05, 0) is 18.1 Å². The topological polar surface area (TPSA) is 60.9 Å². The molecule has 0 spiro atoms. The van der Waals surface area contributed by atoms with Crippen molar-refractivity contribution in [1.82, 2.24) is 9.80 Å². The van der Waals surface area contributed by atoms with Crippen LogP contribution in [0.15, 0.2) is 28.7 Å². The number of benzene rings is 1. The Morgan fingerprint density at radius 1 is 1.30 bits per heavy atom. The standard InChI is InChI=1S/C14H19BrN2O3/c1-4-12(13(18)19)17(3)14(20)16(2)9-10-7-5-6-8-11(10)15/h5-8,12H,4,9H2,1-3H3,(H,18,19). The maximum atomic E-state index is 12.2. The van der Waals surface area contributed by atoms with E-state index in [9.17, 15) is 9.59 Å². The summed E-state index contributed by atoms with van der Waals surface area (Å²) >= 11 is 3.43. The highest BCUT2D eigenvalue weighted by molar-refractivity contribution is 9.10. The number of carboxylic acid groups (broad SMARTS) is 1. The zero-order chi connectivity index (χ0) is 15.3. The molecule has 2 amide bonds. The van der Waals surface area contributed by atoms with E-state index >= 15 is 0 Å². The Balaban J connectivity index is 2.77. The predicted molar refractivity (Wildman–Crippen MR) is 80.5 cm³/mol. The van der Waals surface area contributed by atoms with Crippen LogP contribution in [-0.4, -0.2) is 47.0 Å². The summed E-state index contributed by atoms with van der Waals surface area (Å²) in [6.45, 7) is 2.16. The minimum Gasteiger partial charge on any atom is -0.480 e. The highest BCUT2D eigenvalue weighted by atomic mass is 79.9. The highest BCUT2D eigenvalue weighted by Gasteiger charge is 2.26. The van der Waals surface area contributed by atoms with Gasteiger partial charge in [-0.25, -0.2) is 9.59 Å². The van der Waals surface area contributed by atoms with Gasteiger partial charge in [-0.1, -0.05) is 41.1 Å². The minimum atomic E-state index is -0.988. The summed E-state index contributed by atoms with van der Waals surface area (Å²) in [6, 6.07) is 6.51. The highest BCUT2D eigenvalue weighted by Crippen LogP contribution is 2.18. The van der Waals surface area contributed by atoms with Crippen LogP contribution < -0.4 is 0 Å². The van der Waals surface area contributed by atoms with Crippen molar-refractivity contribution < 1.29 is 14.7 Å². The molecule has 0 radical (unpaired) electrons. The van der Waals surface area contributed by atoms with Gasteiger partial charge in [-0.2, -0.15) is 0 Å².